The number of hydrogen-bond donors (Lipinski definition) is 0. The summed E-state index contributed by atoms with van der Waals surface area (Å²) in [5.74, 6) is -2.66. The van der Waals surface area contributed by atoms with Crippen molar-refractivity contribution < 1.29 is 42.5 Å². The van der Waals surface area contributed by atoms with E-state index in [0.29, 0.717) is 22.4 Å². The number of benzene rings is 2. The van der Waals surface area contributed by atoms with Crippen LogP contribution in [0.5, 0.6) is 0 Å². The highest BCUT2D eigenvalue weighted by molar-refractivity contribution is 5.87. The van der Waals surface area contributed by atoms with E-state index in [9.17, 15) is 23.6 Å². The molecule has 2 aromatic carbocycles. The fourth-order valence-corrected chi connectivity index (χ4v) is 5.02. The SMILES string of the molecule is C=C(C)C(=O)OCCOC(=O)CCC1(CCC(=O)OCCOC(=O)C(=C)C)c2ccccc2-c2nc3cc(F)ccc3nc21. The standard InChI is InChI=1S/C33H33FN2O8/c1-20(2)31(39)43-17-15-41-27(37)11-13-33(14-12-28(38)42-16-18-44-32(40)21(3)4)24-8-6-5-7-23(24)29-30(33)36-25-10-9-22(34)19-26(25)35-29/h5-10,19H,1,3,11-18H2,2,4H3. The minimum atomic E-state index is -0.932. The van der Waals surface area contributed by atoms with Gasteiger partial charge in [-0.15, -0.1) is 0 Å². The summed E-state index contributed by atoms with van der Waals surface area (Å²) in [5, 5.41) is 0. The van der Waals surface area contributed by atoms with Crippen molar-refractivity contribution in [2.75, 3.05) is 26.4 Å². The van der Waals surface area contributed by atoms with Gasteiger partial charge in [0.05, 0.1) is 22.4 Å². The van der Waals surface area contributed by atoms with E-state index in [0.717, 1.165) is 11.1 Å². The predicted molar refractivity (Wildman–Crippen MR) is 158 cm³/mol. The fraction of sp³-hybridized carbons (Fsp3) is 0.333. The first-order valence-corrected chi connectivity index (χ1v) is 14.1. The van der Waals surface area contributed by atoms with Crippen LogP contribution in [-0.2, 0) is 43.5 Å². The smallest absolute Gasteiger partial charge is 0.333 e. The number of carbonyl (C=O) groups excluding carboxylic acids is 4. The lowest BCUT2D eigenvalue weighted by Gasteiger charge is -2.30. The van der Waals surface area contributed by atoms with Crippen molar-refractivity contribution in [1.82, 2.24) is 9.97 Å². The van der Waals surface area contributed by atoms with E-state index in [2.05, 4.69) is 13.2 Å². The number of fused-ring (bicyclic) bond motifs is 4. The van der Waals surface area contributed by atoms with Gasteiger partial charge < -0.3 is 18.9 Å². The molecule has 1 aromatic heterocycles. The molecule has 0 bridgehead atoms. The van der Waals surface area contributed by atoms with E-state index >= 15 is 0 Å². The van der Waals surface area contributed by atoms with Gasteiger partial charge >= 0.3 is 23.9 Å². The third-order valence-electron chi connectivity index (χ3n) is 7.15. The molecule has 3 aromatic rings. The second kappa shape index (κ2) is 14.0. The topological polar surface area (TPSA) is 131 Å². The van der Waals surface area contributed by atoms with Crippen LogP contribution >= 0.6 is 0 Å². The van der Waals surface area contributed by atoms with Gasteiger partial charge in [0.25, 0.3) is 0 Å². The third-order valence-corrected chi connectivity index (χ3v) is 7.15. The molecule has 0 amide bonds. The molecule has 230 valence electrons. The number of ether oxygens (including phenoxy) is 4. The van der Waals surface area contributed by atoms with Crippen molar-refractivity contribution in [1.29, 1.82) is 0 Å². The number of esters is 4. The van der Waals surface area contributed by atoms with E-state index in [1.807, 2.05) is 24.3 Å². The third kappa shape index (κ3) is 7.34. The fourth-order valence-electron chi connectivity index (χ4n) is 5.02. The first kappa shape index (κ1) is 32.0. The highest BCUT2D eigenvalue weighted by atomic mass is 19.1. The van der Waals surface area contributed by atoms with Gasteiger partial charge in [0, 0.05) is 41.0 Å². The lowest BCUT2D eigenvalue weighted by molar-refractivity contribution is -0.150. The van der Waals surface area contributed by atoms with E-state index in [1.54, 1.807) is 0 Å². The molecule has 0 N–H and O–H groups in total. The maximum absolute atomic E-state index is 14.0. The van der Waals surface area contributed by atoms with Crippen molar-refractivity contribution >= 4 is 34.9 Å². The molecule has 0 unspecified atom stereocenters. The maximum atomic E-state index is 14.0. The lowest BCUT2D eigenvalue weighted by atomic mass is 9.73. The van der Waals surface area contributed by atoms with Crippen LogP contribution in [0, 0.1) is 5.82 Å². The molecule has 0 saturated carbocycles. The summed E-state index contributed by atoms with van der Waals surface area (Å²) in [7, 11) is 0. The van der Waals surface area contributed by atoms with E-state index in [-0.39, 0.29) is 63.3 Å². The Morgan fingerprint density at radius 3 is 1.86 bits per heavy atom. The molecule has 0 radical (unpaired) electrons. The molecular weight excluding hydrogens is 571 g/mol. The van der Waals surface area contributed by atoms with Gasteiger partial charge in [0.15, 0.2) is 0 Å². The second-order valence-corrected chi connectivity index (χ2v) is 10.5. The quantitative estimate of drug-likeness (QED) is 0.108. The molecule has 1 aliphatic carbocycles. The van der Waals surface area contributed by atoms with Gasteiger partial charge in [-0.3, -0.25) is 9.59 Å². The van der Waals surface area contributed by atoms with Gasteiger partial charge in [-0.05, 0) is 44.4 Å². The summed E-state index contributed by atoms with van der Waals surface area (Å²) in [6, 6.07) is 11.6. The Bertz CT molecular complexity index is 1580. The Morgan fingerprint density at radius 1 is 0.750 bits per heavy atom. The number of halogens is 1. The average molecular weight is 605 g/mol. The molecule has 4 rings (SSSR count). The molecule has 0 atom stereocenters. The summed E-state index contributed by atoms with van der Waals surface area (Å²) >= 11 is 0. The summed E-state index contributed by atoms with van der Waals surface area (Å²) < 4.78 is 34.6. The largest absolute Gasteiger partial charge is 0.462 e. The van der Waals surface area contributed by atoms with Crippen LogP contribution in [0.2, 0.25) is 0 Å². The maximum Gasteiger partial charge on any atom is 0.333 e. The molecular formula is C33H33FN2O8. The van der Waals surface area contributed by atoms with Crippen LogP contribution in [0.25, 0.3) is 22.3 Å². The summed E-state index contributed by atoms with van der Waals surface area (Å²) in [4.78, 5) is 58.4. The van der Waals surface area contributed by atoms with Crippen LogP contribution < -0.4 is 0 Å². The molecule has 44 heavy (non-hydrogen) atoms. The Labute approximate surface area is 253 Å². The van der Waals surface area contributed by atoms with Crippen LogP contribution in [-0.4, -0.2) is 60.3 Å². The number of rotatable bonds is 14. The molecule has 0 spiro atoms. The Hall–Kier alpha value is -4.93. The van der Waals surface area contributed by atoms with Crippen LogP contribution in [0.1, 0.15) is 50.8 Å². The van der Waals surface area contributed by atoms with Crippen LogP contribution in [0.4, 0.5) is 4.39 Å². The van der Waals surface area contributed by atoms with Crippen molar-refractivity contribution in [3.05, 3.63) is 83.8 Å². The van der Waals surface area contributed by atoms with Crippen molar-refractivity contribution in [3.63, 3.8) is 0 Å². The summed E-state index contributed by atoms with van der Waals surface area (Å²) in [5.41, 5.74) is 3.06. The van der Waals surface area contributed by atoms with E-state index < -0.39 is 35.1 Å². The lowest BCUT2D eigenvalue weighted by Crippen LogP contribution is -2.29. The zero-order valence-corrected chi connectivity index (χ0v) is 24.7. The molecule has 1 heterocycles. The predicted octanol–water partition coefficient (Wildman–Crippen LogP) is 4.92. The Balaban J connectivity index is 1.56. The van der Waals surface area contributed by atoms with Gasteiger partial charge in [0.2, 0.25) is 0 Å². The first-order valence-electron chi connectivity index (χ1n) is 14.1. The van der Waals surface area contributed by atoms with Crippen molar-refractivity contribution in [2.45, 2.75) is 44.9 Å². The van der Waals surface area contributed by atoms with E-state index in [1.165, 1.54) is 32.0 Å². The van der Waals surface area contributed by atoms with Crippen molar-refractivity contribution in [2.24, 2.45) is 0 Å². The normalized spacial score (nSPS) is 12.5. The zero-order chi connectivity index (χ0) is 31.9. The number of hydrogen-bond acceptors (Lipinski definition) is 10. The van der Waals surface area contributed by atoms with Gasteiger partial charge in [-0.1, -0.05) is 37.4 Å². The van der Waals surface area contributed by atoms with Crippen molar-refractivity contribution in [3.8, 4) is 11.3 Å². The highest BCUT2D eigenvalue weighted by Crippen LogP contribution is 2.52. The zero-order valence-electron chi connectivity index (χ0n) is 24.7. The molecule has 10 nitrogen and oxygen atoms in total. The Morgan fingerprint density at radius 2 is 1.30 bits per heavy atom. The van der Waals surface area contributed by atoms with Gasteiger partial charge in [-0.2, -0.15) is 0 Å². The number of aromatic nitrogens is 2. The molecule has 0 saturated heterocycles. The Kier molecular flexibility index (Phi) is 10.2. The van der Waals surface area contributed by atoms with E-state index in [4.69, 9.17) is 28.9 Å². The summed E-state index contributed by atoms with van der Waals surface area (Å²) in [6.45, 7) is 9.56. The highest BCUT2D eigenvalue weighted by Gasteiger charge is 2.46. The molecule has 1 aliphatic rings. The molecule has 0 fully saturated rings. The van der Waals surface area contributed by atoms with Crippen LogP contribution in [0.15, 0.2) is 66.8 Å². The number of nitrogens with zero attached hydrogens (tertiary/aromatic N) is 2. The first-order chi connectivity index (χ1) is 21.0. The second-order valence-electron chi connectivity index (χ2n) is 10.5. The van der Waals surface area contributed by atoms with Gasteiger partial charge in [0.1, 0.15) is 32.2 Å². The minimum absolute atomic E-state index is 0.0444. The summed E-state index contributed by atoms with van der Waals surface area (Å²) in [6.07, 6.45) is 0.340. The van der Waals surface area contributed by atoms with Crippen LogP contribution in [0.3, 0.4) is 0 Å². The molecule has 11 heteroatoms. The average Bonchev–Trinajstić information content (AvgIpc) is 3.26. The number of carbonyl (C=O) groups is 4. The minimum Gasteiger partial charge on any atom is -0.462 e. The molecule has 0 aliphatic heterocycles. The monoisotopic (exact) mass is 604 g/mol. The van der Waals surface area contributed by atoms with Gasteiger partial charge in [-0.25, -0.2) is 23.9 Å².